The van der Waals surface area contributed by atoms with Crippen molar-refractivity contribution < 1.29 is 9.13 Å². The van der Waals surface area contributed by atoms with Gasteiger partial charge >= 0.3 is 0 Å². The second-order valence-corrected chi connectivity index (χ2v) is 5.03. The number of nitrogens with zero attached hydrogens (tertiary/aromatic N) is 2. The molecule has 0 aliphatic rings. The first kappa shape index (κ1) is 13.6. The molecule has 5 heteroatoms. The van der Waals surface area contributed by atoms with Gasteiger partial charge < -0.3 is 14.9 Å². The van der Waals surface area contributed by atoms with Crippen LogP contribution in [0.25, 0.3) is 5.65 Å². The molecule has 0 aliphatic heterocycles. The van der Waals surface area contributed by atoms with Crippen molar-refractivity contribution in [1.82, 2.24) is 9.38 Å². The number of halogens is 1. The Kier molecular flexibility index (Phi) is 3.58. The summed E-state index contributed by atoms with van der Waals surface area (Å²) >= 11 is 0. The second kappa shape index (κ2) is 5.54. The molecule has 108 valence electrons. The van der Waals surface area contributed by atoms with Crippen molar-refractivity contribution in [1.29, 1.82) is 0 Å². The third-order valence-electron chi connectivity index (χ3n) is 3.12. The molecule has 2 N–H and O–H groups in total. The molecule has 0 saturated carbocycles. The van der Waals surface area contributed by atoms with E-state index in [1.54, 1.807) is 12.1 Å². The maximum Gasteiger partial charge on any atom is 0.241 e. The summed E-state index contributed by atoms with van der Waals surface area (Å²) in [5.41, 5.74) is 7.56. The van der Waals surface area contributed by atoms with Gasteiger partial charge in [0.1, 0.15) is 17.2 Å². The maximum absolute atomic E-state index is 13.3. The minimum Gasteiger partial charge on any atom is -0.437 e. The van der Waals surface area contributed by atoms with E-state index >= 15 is 0 Å². The van der Waals surface area contributed by atoms with E-state index in [9.17, 15) is 4.39 Å². The fourth-order valence-electron chi connectivity index (χ4n) is 2.24. The second-order valence-electron chi connectivity index (χ2n) is 5.03. The predicted octanol–water partition coefficient (Wildman–Crippen LogP) is 3.16. The summed E-state index contributed by atoms with van der Waals surface area (Å²) in [6.07, 6.45) is 2.54. The Bertz CT molecular complexity index is 767. The number of imidazole rings is 1. The minimum absolute atomic E-state index is 0.0278. The molecule has 4 nitrogen and oxygen atoms in total. The van der Waals surface area contributed by atoms with Crippen molar-refractivity contribution in [3.05, 3.63) is 60.2 Å². The molecule has 0 fully saturated rings. The van der Waals surface area contributed by atoms with Crippen LogP contribution in [0.3, 0.4) is 0 Å². The molecule has 21 heavy (non-hydrogen) atoms. The molecule has 0 saturated heterocycles. The zero-order valence-corrected chi connectivity index (χ0v) is 11.7. The average molecular weight is 285 g/mol. The topological polar surface area (TPSA) is 52.5 Å². The number of pyridine rings is 1. The van der Waals surface area contributed by atoms with Gasteiger partial charge in [0.25, 0.3) is 0 Å². The van der Waals surface area contributed by atoms with Gasteiger partial charge in [-0.05, 0) is 31.2 Å². The highest BCUT2D eigenvalue weighted by molar-refractivity contribution is 5.47. The summed E-state index contributed by atoms with van der Waals surface area (Å²) in [5, 5.41) is 0. The van der Waals surface area contributed by atoms with Gasteiger partial charge in [-0.3, -0.25) is 0 Å². The van der Waals surface area contributed by atoms with E-state index in [4.69, 9.17) is 10.5 Å². The highest BCUT2D eigenvalue weighted by Crippen LogP contribution is 2.27. The molecule has 1 atom stereocenters. The molecule has 0 amide bonds. The minimum atomic E-state index is -0.343. The number of rotatable bonds is 4. The smallest absolute Gasteiger partial charge is 0.241 e. The number of fused-ring (bicyclic) bond motifs is 1. The number of benzene rings is 1. The summed E-state index contributed by atoms with van der Waals surface area (Å²) in [7, 11) is 0. The van der Waals surface area contributed by atoms with Crippen LogP contribution in [0, 0.1) is 5.82 Å². The fourth-order valence-corrected chi connectivity index (χ4v) is 2.24. The van der Waals surface area contributed by atoms with Crippen LogP contribution in [0.1, 0.15) is 12.6 Å². The van der Waals surface area contributed by atoms with Gasteiger partial charge in [0.15, 0.2) is 0 Å². The largest absolute Gasteiger partial charge is 0.437 e. The molecular formula is C16H16FN3O. The Hall–Kier alpha value is -2.40. The lowest BCUT2D eigenvalue weighted by molar-refractivity contribution is 0.452. The van der Waals surface area contributed by atoms with Crippen LogP contribution in [0.5, 0.6) is 11.6 Å². The van der Waals surface area contributed by atoms with E-state index in [0.717, 1.165) is 11.3 Å². The molecule has 0 bridgehead atoms. The van der Waals surface area contributed by atoms with Crippen molar-refractivity contribution in [3.8, 4) is 11.6 Å². The number of ether oxygens (including phenoxy) is 1. The number of aromatic nitrogens is 2. The van der Waals surface area contributed by atoms with Gasteiger partial charge in [0.05, 0.1) is 5.69 Å². The monoisotopic (exact) mass is 285 g/mol. The van der Waals surface area contributed by atoms with Crippen LogP contribution < -0.4 is 10.5 Å². The zero-order chi connectivity index (χ0) is 14.8. The lowest BCUT2D eigenvalue weighted by Gasteiger charge is -2.08. The summed E-state index contributed by atoms with van der Waals surface area (Å²) < 4.78 is 21.0. The first-order valence-corrected chi connectivity index (χ1v) is 6.78. The maximum atomic E-state index is 13.3. The molecule has 3 aromatic rings. The van der Waals surface area contributed by atoms with E-state index in [-0.39, 0.29) is 11.9 Å². The number of hydrogen-bond acceptors (Lipinski definition) is 3. The van der Waals surface area contributed by atoms with Gasteiger partial charge in [0, 0.05) is 24.7 Å². The fraction of sp³-hybridized carbons (Fsp3) is 0.188. The van der Waals surface area contributed by atoms with Crippen LogP contribution in [0.2, 0.25) is 0 Å². The zero-order valence-electron chi connectivity index (χ0n) is 11.7. The van der Waals surface area contributed by atoms with E-state index in [1.165, 1.54) is 12.1 Å². The Morgan fingerprint density at radius 2 is 2.14 bits per heavy atom. The standard InChI is InChI=1S/C16H16FN3O/c1-11(18)9-14-16(19-15-7-2-3-8-20(14)15)21-13-6-4-5-12(17)10-13/h2-8,10-11H,9,18H2,1H3. The highest BCUT2D eigenvalue weighted by atomic mass is 19.1. The van der Waals surface area contributed by atoms with E-state index in [1.807, 2.05) is 35.7 Å². The van der Waals surface area contributed by atoms with Crippen molar-refractivity contribution in [2.24, 2.45) is 5.73 Å². The predicted molar refractivity (Wildman–Crippen MR) is 79.0 cm³/mol. The Balaban J connectivity index is 2.04. The lowest BCUT2D eigenvalue weighted by atomic mass is 10.2. The van der Waals surface area contributed by atoms with Crippen LogP contribution in [-0.4, -0.2) is 15.4 Å². The first-order valence-electron chi connectivity index (χ1n) is 6.78. The molecule has 3 rings (SSSR count). The van der Waals surface area contributed by atoms with Crippen LogP contribution in [0.15, 0.2) is 48.7 Å². The SMILES string of the molecule is CC(N)Cc1c(Oc2cccc(F)c2)nc2ccccn12. The van der Waals surface area contributed by atoms with E-state index in [2.05, 4.69) is 4.98 Å². The number of nitrogens with two attached hydrogens (primary N) is 1. The third kappa shape index (κ3) is 2.87. The first-order chi connectivity index (χ1) is 10.1. The molecule has 1 unspecified atom stereocenters. The molecule has 0 radical (unpaired) electrons. The molecule has 0 spiro atoms. The van der Waals surface area contributed by atoms with Gasteiger partial charge in [-0.25, -0.2) is 4.39 Å². The highest BCUT2D eigenvalue weighted by Gasteiger charge is 2.15. The molecular weight excluding hydrogens is 269 g/mol. The van der Waals surface area contributed by atoms with E-state index < -0.39 is 0 Å². The molecule has 0 aliphatic carbocycles. The lowest BCUT2D eigenvalue weighted by Crippen LogP contribution is -2.19. The number of hydrogen-bond donors (Lipinski definition) is 1. The van der Waals surface area contributed by atoms with Crippen molar-refractivity contribution in [3.63, 3.8) is 0 Å². The molecule has 1 aromatic carbocycles. The summed E-state index contributed by atoms with van der Waals surface area (Å²) in [4.78, 5) is 4.45. The van der Waals surface area contributed by atoms with Crippen molar-refractivity contribution in [2.75, 3.05) is 0 Å². The quantitative estimate of drug-likeness (QED) is 0.801. The van der Waals surface area contributed by atoms with Crippen LogP contribution in [-0.2, 0) is 6.42 Å². The third-order valence-corrected chi connectivity index (χ3v) is 3.12. The van der Waals surface area contributed by atoms with Crippen molar-refractivity contribution >= 4 is 5.65 Å². The van der Waals surface area contributed by atoms with E-state index in [0.29, 0.717) is 18.1 Å². The Morgan fingerprint density at radius 3 is 2.90 bits per heavy atom. The van der Waals surface area contributed by atoms with Gasteiger partial charge in [0.2, 0.25) is 5.88 Å². The van der Waals surface area contributed by atoms with Gasteiger partial charge in [-0.1, -0.05) is 12.1 Å². The normalized spacial score (nSPS) is 12.5. The van der Waals surface area contributed by atoms with Gasteiger partial charge in [-0.15, -0.1) is 0 Å². The van der Waals surface area contributed by atoms with Crippen molar-refractivity contribution in [2.45, 2.75) is 19.4 Å². The summed E-state index contributed by atoms with van der Waals surface area (Å²) in [6.45, 7) is 1.92. The van der Waals surface area contributed by atoms with Crippen LogP contribution in [0.4, 0.5) is 4.39 Å². The molecule has 2 heterocycles. The Labute approximate surface area is 122 Å². The molecule has 2 aromatic heterocycles. The average Bonchev–Trinajstić information content (AvgIpc) is 2.76. The Morgan fingerprint density at radius 1 is 1.29 bits per heavy atom. The summed E-state index contributed by atoms with van der Waals surface area (Å²) in [5.74, 6) is 0.540. The van der Waals surface area contributed by atoms with Gasteiger partial charge in [-0.2, -0.15) is 4.98 Å². The van der Waals surface area contributed by atoms with Crippen LogP contribution >= 0.6 is 0 Å². The summed E-state index contributed by atoms with van der Waals surface area (Å²) in [6, 6.07) is 11.7.